The van der Waals surface area contributed by atoms with Gasteiger partial charge in [0.1, 0.15) is 5.75 Å². The summed E-state index contributed by atoms with van der Waals surface area (Å²) in [4.78, 5) is 13.9. The van der Waals surface area contributed by atoms with Gasteiger partial charge in [0.15, 0.2) is 0 Å². The molecule has 1 saturated heterocycles. The number of benzene rings is 1. The molecule has 0 saturated carbocycles. The molecule has 8 heteroatoms. The normalized spacial score (nSPS) is 17.2. The lowest BCUT2D eigenvalue weighted by atomic mass is 10.1. The van der Waals surface area contributed by atoms with Crippen molar-refractivity contribution in [3.8, 4) is 5.75 Å². The van der Waals surface area contributed by atoms with Crippen molar-refractivity contribution in [3.63, 3.8) is 0 Å². The van der Waals surface area contributed by atoms with Gasteiger partial charge >= 0.3 is 12.2 Å². The molecule has 1 heterocycles. The van der Waals surface area contributed by atoms with Crippen molar-refractivity contribution in [1.29, 1.82) is 0 Å². The standard InChI is InChI=1S/C19H27F3N2O3/c1-4-24(12-16-6-5-9-26-16)18(25)23-11-14-7-8-15(27-13(2)3)10-17(14)19(20,21)22/h7-8,10,13,16H,4-6,9,11-12H2,1-3H3,(H,23,25). The van der Waals surface area contributed by atoms with Gasteiger partial charge in [-0.15, -0.1) is 0 Å². The maximum Gasteiger partial charge on any atom is 0.416 e. The molecule has 1 aromatic rings. The number of amides is 2. The number of nitrogens with zero attached hydrogens (tertiary/aromatic N) is 1. The van der Waals surface area contributed by atoms with Gasteiger partial charge in [0, 0.05) is 26.2 Å². The minimum Gasteiger partial charge on any atom is -0.491 e. The average molecular weight is 388 g/mol. The van der Waals surface area contributed by atoms with Crippen LogP contribution in [0.15, 0.2) is 18.2 Å². The van der Waals surface area contributed by atoms with Gasteiger partial charge in [-0.25, -0.2) is 4.79 Å². The summed E-state index contributed by atoms with van der Waals surface area (Å²) in [5.74, 6) is 0.154. The fourth-order valence-corrected chi connectivity index (χ4v) is 2.99. The van der Waals surface area contributed by atoms with Crippen LogP contribution in [0.5, 0.6) is 5.75 Å². The highest BCUT2D eigenvalue weighted by molar-refractivity contribution is 5.74. The van der Waals surface area contributed by atoms with Crippen molar-refractivity contribution in [2.24, 2.45) is 0 Å². The fourth-order valence-electron chi connectivity index (χ4n) is 2.99. The molecule has 1 unspecified atom stereocenters. The molecule has 2 rings (SSSR count). The Morgan fingerprint density at radius 2 is 2.15 bits per heavy atom. The summed E-state index contributed by atoms with van der Waals surface area (Å²) in [6.07, 6.45) is -2.91. The third kappa shape index (κ3) is 6.30. The molecule has 1 N–H and O–H groups in total. The summed E-state index contributed by atoms with van der Waals surface area (Å²) >= 11 is 0. The van der Waals surface area contributed by atoms with E-state index in [4.69, 9.17) is 9.47 Å². The molecular formula is C19H27F3N2O3. The quantitative estimate of drug-likeness (QED) is 0.762. The predicted molar refractivity (Wildman–Crippen MR) is 95.7 cm³/mol. The maximum atomic E-state index is 13.4. The molecule has 2 amide bonds. The van der Waals surface area contributed by atoms with Crippen molar-refractivity contribution in [3.05, 3.63) is 29.3 Å². The minimum absolute atomic E-state index is 0.000116. The number of ether oxygens (including phenoxy) is 2. The van der Waals surface area contributed by atoms with E-state index in [1.54, 1.807) is 18.7 Å². The fraction of sp³-hybridized carbons (Fsp3) is 0.632. The number of rotatable bonds is 7. The van der Waals surface area contributed by atoms with Gasteiger partial charge in [0.25, 0.3) is 0 Å². The second-order valence-electron chi connectivity index (χ2n) is 6.82. The van der Waals surface area contributed by atoms with E-state index in [9.17, 15) is 18.0 Å². The first-order valence-corrected chi connectivity index (χ1v) is 9.21. The summed E-state index contributed by atoms with van der Waals surface area (Å²) in [5, 5.41) is 2.59. The summed E-state index contributed by atoms with van der Waals surface area (Å²) < 4.78 is 51.0. The molecule has 0 aromatic heterocycles. The lowest BCUT2D eigenvalue weighted by molar-refractivity contribution is -0.138. The first kappa shape index (κ1) is 21.3. The largest absolute Gasteiger partial charge is 0.491 e. The second kappa shape index (κ2) is 9.30. The van der Waals surface area contributed by atoms with Crippen molar-refractivity contribution in [2.75, 3.05) is 19.7 Å². The van der Waals surface area contributed by atoms with Crippen LogP contribution in [0.3, 0.4) is 0 Å². The second-order valence-corrected chi connectivity index (χ2v) is 6.82. The molecule has 0 spiro atoms. The summed E-state index contributed by atoms with van der Waals surface area (Å²) in [6.45, 7) is 6.69. The number of alkyl halides is 3. The van der Waals surface area contributed by atoms with Crippen LogP contribution in [0.2, 0.25) is 0 Å². The highest BCUT2D eigenvalue weighted by Crippen LogP contribution is 2.34. The van der Waals surface area contributed by atoms with Crippen molar-refractivity contribution in [1.82, 2.24) is 10.2 Å². The van der Waals surface area contributed by atoms with E-state index < -0.39 is 17.8 Å². The van der Waals surface area contributed by atoms with Crippen LogP contribution in [-0.4, -0.2) is 42.8 Å². The van der Waals surface area contributed by atoms with Crippen molar-refractivity contribution >= 4 is 6.03 Å². The van der Waals surface area contributed by atoms with Crippen LogP contribution in [0.4, 0.5) is 18.0 Å². The molecule has 1 aliphatic rings. The molecule has 152 valence electrons. The number of hydrogen-bond acceptors (Lipinski definition) is 3. The number of hydrogen-bond donors (Lipinski definition) is 1. The van der Waals surface area contributed by atoms with Gasteiger partial charge in [0.2, 0.25) is 0 Å². The Kier molecular flexibility index (Phi) is 7.35. The zero-order valence-electron chi connectivity index (χ0n) is 15.9. The van der Waals surface area contributed by atoms with E-state index in [0.29, 0.717) is 19.7 Å². The minimum atomic E-state index is -4.53. The van der Waals surface area contributed by atoms with E-state index in [2.05, 4.69) is 5.32 Å². The van der Waals surface area contributed by atoms with Crippen molar-refractivity contribution in [2.45, 2.75) is 58.5 Å². The topological polar surface area (TPSA) is 50.8 Å². The van der Waals surface area contributed by atoms with E-state index in [0.717, 1.165) is 18.9 Å². The van der Waals surface area contributed by atoms with E-state index in [1.807, 2.05) is 6.92 Å². The Hall–Kier alpha value is -1.96. The van der Waals surface area contributed by atoms with Gasteiger partial charge in [-0.1, -0.05) is 6.07 Å². The summed E-state index contributed by atoms with van der Waals surface area (Å²) in [5.41, 5.74) is -0.803. The van der Waals surface area contributed by atoms with Crippen molar-refractivity contribution < 1.29 is 27.4 Å². The highest BCUT2D eigenvalue weighted by atomic mass is 19.4. The molecule has 5 nitrogen and oxygen atoms in total. The Balaban J connectivity index is 2.05. The highest BCUT2D eigenvalue weighted by Gasteiger charge is 2.34. The van der Waals surface area contributed by atoms with Crippen LogP contribution < -0.4 is 10.1 Å². The van der Waals surface area contributed by atoms with Gasteiger partial charge in [-0.2, -0.15) is 13.2 Å². The number of carbonyl (C=O) groups is 1. The maximum absolute atomic E-state index is 13.4. The zero-order chi connectivity index (χ0) is 20.0. The van der Waals surface area contributed by atoms with Crippen LogP contribution in [0.25, 0.3) is 0 Å². The Morgan fingerprint density at radius 3 is 2.70 bits per heavy atom. The van der Waals surface area contributed by atoms with Gasteiger partial charge in [-0.05, 0) is 51.3 Å². The van der Waals surface area contributed by atoms with E-state index >= 15 is 0 Å². The van der Waals surface area contributed by atoms with Crippen LogP contribution in [0, 0.1) is 0 Å². The SMILES string of the molecule is CCN(CC1CCCO1)C(=O)NCc1ccc(OC(C)C)cc1C(F)(F)F. The molecule has 0 bridgehead atoms. The van der Waals surface area contributed by atoms with E-state index in [-0.39, 0.29) is 30.1 Å². The lowest BCUT2D eigenvalue weighted by Crippen LogP contribution is -2.43. The Morgan fingerprint density at radius 1 is 1.41 bits per heavy atom. The van der Waals surface area contributed by atoms with Crippen LogP contribution in [0.1, 0.15) is 44.7 Å². The number of likely N-dealkylation sites (N-methyl/N-ethyl adjacent to an activating group) is 1. The first-order valence-electron chi connectivity index (χ1n) is 9.21. The molecule has 0 aliphatic carbocycles. The number of carbonyl (C=O) groups excluding carboxylic acids is 1. The predicted octanol–water partition coefficient (Wildman–Crippen LogP) is 4.20. The molecule has 1 aromatic carbocycles. The monoisotopic (exact) mass is 388 g/mol. The van der Waals surface area contributed by atoms with Crippen LogP contribution in [-0.2, 0) is 17.5 Å². The molecule has 1 fully saturated rings. The molecular weight excluding hydrogens is 361 g/mol. The number of urea groups is 1. The summed E-state index contributed by atoms with van der Waals surface area (Å²) in [6, 6.07) is 3.41. The zero-order valence-corrected chi connectivity index (χ0v) is 15.9. The number of halogens is 3. The third-order valence-electron chi connectivity index (χ3n) is 4.31. The smallest absolute Gasteiger partial charge is 0.416 e. The van der Waals surface area contributed by atoms with Gasteiger partial charge < -0.3 is 19.7 Å². The Bertz CT molecular complexity index is 629. The molecule has 27 heavy (non-hydrogen) atoms. The average Bonchev–Trinajstić information content (AvgIpc) is 3.10. The first-order chi connectivity index (χ1) is 12.7. The Labute approximate surface area is 157 Å². The van der Waals surface area contributed by atoms with E-state index in [1.165, 1.54) is 12.1 Å². The lowest BCUT2D eigenvalue weighted by Gasteiger charge is -2.24. The third-order valence-corrected chi connectivity index (χ3v) is 4.31. The van der Waals surface area contributed by atoms with Gasteiger partial charge in [-0.3, -0.25) is 0 Å². The summed E-state index contributed by atoms with van der Waals surface area (Å²) in [7, 11) is 0. The van der Waals surface area contributed by atoms with Gasteiger partial charge in [0.05, 0.1) is 17.8 Å². The number of nitrogens with one attached hydrogen (secondary N) is 1. The molecule has 1 atom stereocenters. The molecule has 1 aliphatic heterocycles. The molecule has 0 radical (unpaired) electrons. The van der Waals surface area contributed by atoms with Crippen LogP contribution >= 0.6 is 0 Å².